The van der Waals surface area contributed by atoms with Crippen LogP contribution in [0, 0.1) is 0 Å². The zero-order valence-electron chi connectivity index (χ0n) is 9.16. The van der Waals surface area contributed by atoms with Crippen molar-refractivity contribution in [2.24, 2.45) is 5.73 Å². The van der Waals surface area contributed by atoms with Gasteiger partial charge in [-0.05, 0) is 18.6 Å². The fourth-order valence-corrected chi connectivity index (χ4v) is 1.64. The summed E-state index contributed by atoms with van der Waals surface area (Å²) in [5.41, 5.74) is 7.42. The number of carbonyl (C=O) groups excluding carboxylic acids is 1. The number of rotatable bonds is 4. The van der Waals surface area contributed by atoms with Crippen LogP contribution in [0.2, 0.25) is 0 Å². The topological polar surface area (TPSA) is 70.9 Å². The van der Waals surface area contributed by atoms with Crippen molar-refractivity contribution in [2.75, 3.05) is 0 Å². The molecule has 2 aromatic rings. The molecule has 0 saturated heterocycles. The number of para-hydroxylation sites is 1. The predicted molar refractivity (Wildman–Crippen MR) is 63.8 cm³/mol. The first-order valence-corrected chi connectivity index (χ1v) is 5.26. The number of nitrogens with one attached hydrogen (secondary N) is 2. The Bertz CT molecular complexity index is 504. The maximum absolute atomic E-state index is 10.9. The van der Waals surface area contributed by atoms with E-state index in [2.05, 4.69) is 16.4 Å². The van der Waals surface area contributed by atoms with Gasteiger partial charge >= 0.3 is 0 Å². The van der Waals surface area contributed by atoms with E-state index in [1.165, 1.54) is 5.39 Å². The van der Waals surface area contributed by atoms with E-state index in [-0.39, 0.29) is 11.9 Å². The van der Waals surface area contributed by atoms with Gasteiger partial charge in [0.15, 0.2) is 0 Å². The smallest absolute Gasteiger partial charge is 0.234 e. The van der Waals surface area contributed by atoms with Crippen LogP contribution < -0.4 is 11.1 Å². The zero-order valence-corrected chi connectivity index (χ0v) is 9.16. The van der Waals surface area contributed by atoms with E-state index in [9.17, 15) is 4.79 Å². The van der Waals surface area contributed by atoms with Gasteiger partial charge in [-0.2, -0.15) is 0 Å². The molecule has 0 aliphatic rings. The summed E-state index contributed by atoms with van der Waals surface area (Å²) in [6.45, 7) is 2.39. The first-order valence-electron chi connectivity index (χ1n) is 5.26. The molecule has 4 nitrogen and oxygen atoms in total. The van der Waals surface area contributed by atoms with Crippen LogP contribution in [0.3, 0.4) is 0 Å². The SMILES string of the molecule is CC(NCc1c[nH]c2ccccc12)C(N)=O. The molecule has 2 rings (SSSR count). The number of benzene rings is 1. The summed E-state index contributed by atoms with van der Waals surface area (Å²) in [6.07, 6.45) is 1.95. The van der Waals surface area contributed by atoms with Gasteiger partial charge in [0, 0.05) is 23.6 Å². The Morgan fingerprint density at radius 1 is 1.50 bits per heavy atom. The second kappa shape index (κ2) is 4.37. The number of fused-ring (bicyclic) bond motifs is 1. The predicted octanol–water partition coefficient (Wildman–Crippen LogP) is 1.13. The van der Waals surface area contributed by atoms with Crippen LogP contribution in [-0.4, -0.2) is 16.9 Å². The molecule has 0 aliphatic heterocycles. The largest absolute Gasteiger partial charge is 0.368 e. The van der Waals surface area contributed by atoms with Gasteiger partial charge in [0.2, 0.25) is 5.91 Å². The van der Waals surface area contributed by atoms with Crippen molar-refractivity contribution in [3.05, 3.63) is 36.0 Å². The Kier molecular flexibility index (Phi) is 2.92. The van der Waals surface area contributed by atoms with Crippen molar-refractivity contribution in [1.29, 1.82) is 0 Å². The second-order valence-electron chi connectivity index (χ2n) is 3.86. The Balaban J connectivity index is 2.13. The molecule has 0 fully saturated rings. The fourth-order valence-electron chi connectivity index (χ4n) is 1.64. The summed E-state index contributed by atoms with van der Waals surface area (Å²) in [5.74, 6) is -0.333. The van der Waals surface area contributed by atoms with Crippen LogP contribution in [0.5, 0.6) is 0 Å². The molecule has 0 bridgehead atoms. The molecule has 4 N–H and O–H groups in total. The lowest BCUT2D eigenvalue weighted by molar-refractivity contribution is -0.119. The van der Waals surface area contributed by atoms with Crippen LogP contribution in [0.4, 0.5) is 0 Å². The molecule has 0 spiro atoms. The lowest BCUT2D eigenvalue weighted by Crippen LogP contribution is -2.38. The maximum atomic E-state index is 10.9. The van der Waals surface area contributed by atoms with Gasteiger partial charge < -0.3 is 16.0 Å². The van der Waals surface area contributed by atoms with Gasteiger partial charge in [0.25, 0.3) is 0 Å². The molecule has 4 heteroatoms. The summed E-state index contributed by atoms with van der Waals surface area (Å²) < 4.78 is 0. The molecule has 84 valence electrons. The first kappa shape index (κ1) is 10.7. The normalized spacial score (nSPS) is 12.8. The number of hydrogen-bond acceptors (Lipinski definition) is 2. The molecule has 1 atom stereocenters. The van der Waals surface area contributed by atoms with E-state index in [4.69, 9.17) is 5.73 Å². The molecule has 0 saturated carbocycles. The maximum Gasteiger partial charge on any atom is 0.234 e. The van der Waals surface area contributed by atoms with Crippen LogP contribution >= 0.6 is 0 Å². The third kappa shape index (κ3) is 2.06. The monoisotopic (exact) mass is 217 g/mol. The standard InChI is InChI=1S/C12H15N3O/c1-8(12(13)16)14-6-9-7-15-11-5-3-2-4-10(9)11/h2-5,7-8,14-15H,6H2,1H3,(H2,13,16). The molecule has 1 unspecified atom stereocenters. The molecular formula is C12H15N3O. The van der Waals surface area contributed by atoms with Gasteiger partial charge in [0.05, 0.1) is 6.04 Å². The van der Waals surface area contributed by atoms with Crippen molar-refractivity contribution in [3.8, 4) is 0 Å². The lowest BCUT2D eigenvalue weighted by Gasteiger charge is -2.08. The van der Waals surface area contributed by atoms with Gasteiger partial charge in [-0.15, -0.1) is 0 Å². The average Bonchev–Trinajstić information content (AvgIpc) is 2.69. The minimum atomic E-state index is -0.333. The molecular weight excluding hydrogens is 202 g/mol. The van der Waals surface area contributed by atoms with E-state index < -0.39 is 0 Å². The van der Waals surface area contributed by atoms with Gasteiger partial charge in [-0.1, -0.05) is 18.2 Å². The fraction of sp³-hybridized carbons (Fsp3) is 0.250. The Morgan fingerprint density at radius 3 is 3.00 bits per heavy atom. The number of H-pyrrole nitrogens is 1. The molecule has 1 heterocycles. The Hall–Kier alpha value is -1.81. The van der Waals surface area contributed by atoms with Gasteiger partial charge in [-0.3, -0.25) is 4.79 Å². The third-order valence-corrected chi connectivity index (χ3v) is 2.70. The number of carbonyl (C=O) groups is 1. The summed E-state index contributed by atoms with van der Waals surface area (Å²) in [7, 11) is 0. The number of aromatic nitrogens is 1. The van der Waals surface area contributed by atoms with E-state index in [1.54, 1.807) is 6.92 Å². The number of primary amides is 1. The van der Waals surface area contributed by atoms with Crippen molar-refractivity contribution in [1.82, 2.24) is 10.3 Å². The molecule has 0 aliphatic carbocycles. The average molecular weight is 217 g/mol. The van der Waals surface area contributed by atoms with Gasteiger partial charge in [0.1, 0.15) is 0 Å². The molecule has 1 amide bonds. The summed E-state index contributed by atoms with van der Waals surface area (Å²) >= 11 is 0. The first-order chi connectivity index (χ1) is 7.68. The van der Waals surface area contributed by atoms with E-state index in [0.717, 1.165) is 11.1 Å². The highest BCUT2D eigenvalue weighted by Gasteiger charge is 2.08. The minimum absolute atomic E-state index is 0.311. The molecule has 0 radical (unpaired) electrons. The Morgan fingerprint density at radius 2 is 2.25 bits per heavy atom. The van der Waals surface area contributed by atoms with Crippen LogP contribution in [0.15, 0.2) is 30.5 Å². The van der Waals surface area contributed by atoms with Crippen molar-refractivity contribution in [2.45, 2.75) is 19.5 Å². The molecule has 1 aromatic carbocycles. The third-order valence-electron chi connectivity index (χ3n) is 2.70. The van der Waals surface area contributed by atoms with Crippen molar-refractivity contribution >= 4 is 16.8 Å². The molecule has 1 aromatic heterocycles. The summed E-state index contributed by atoms with van der Waals surface area (Å²) in [5, 5.41) is 4.25. The number of hydrogen-bond donors (Lipinski definition) is 3. The zero-order chi connectivity index (χ0) is 11.5. The highest BCUT2D eigenvalue weighted by atomic mass is 16.1. The van der Waals surface area contributed by atoms with Crippen molar-refractivity contribution < 1.29 is 4.79 Å². The lowest BCUT2D eigenvalue weighted by atomic mass is 10.1. The highest BCUT2D eigenvalue weighted by molar-refractivity contribution is 5.83. The van der Waals surface area contributed by atoms with Crippen molar-refractivity contribution in [3.63, 3.8) is 0 Å². The second-order valence-corrected chi connectivity index (χ2v) is 3.86. The quantitative estimate of drug-likeness (QED) is 0.718. The molecule has 16 heavy (non-hydrogen) atoms. The number of amides is 1. The van der Waals surface area contributed by atoms with Gasteiger partial charge in [-0.25, -0.2) is 0 Å². The van der Waals surface area contributed by atoms with E-state index in [0.29, 0.717) is 6.54 Å². The highest BCUT2D eigenvalue weighted by Crippen LogP contribution is 2.17. The van der Waals surface area contributed by atoms with Crippen LogP contribution in [0.25, 0.3) is 10.9 Å². The minimum Gasteiger partial charge on any atom is -0.368 e. The number of aromatic amines is 1. The van der Waals surface area contributed by atoms with Crippen LogP contribution in [0.1, 0.15) is 12.5 Å². The van der Waals surface area contributed by atoms with E-state index >= 15 is 0 Å². The van der Waals surface area contributed by atoms with E-state index in [1.807, 2.05) is 24.4 Å². The number of nitrogens with two attached hydrogens (primary N) is 1. The Labute approximate surface area is 93.8 Å². The van der Waals surface area contributed by atoms with Crippen LogP contribution in [-0.2, 0) is 11.3 Å². The summed E-state index contributed by atoms with van der Waals surface area (Å²) in [4.78, 5) is 14.1. The summed E-state index contributed by atoms with van der Waals surface area (Å²) in [6, 6.07) is 7.75.